The first-order valence-electron chi connectivity index (χ1n) is 7.69. The zero-order valence-corrected chi connectivity index (χ0v) is 13.3. The fraction of sp³-hybridized carbons (Fsp3) is 0.389. The Morgan fingerprint density at radius 2 is 1.95 bits per heavy atom. The van der Waals surface area contributed by atoms with Crippen molar-refractivity contribution in [1.29, 1.82) is 0 Å². The lowest BCUT2D eigenvalue weighted by Crippen LogP contribution is -2.37. The number of aromatic hydroxyl groups is 1. The summed E-state index contributed by atoms with van der Waals surface area (Å²) in [6.45, 7) is 8.90. The van der Waals surface area contributed by atoms with Gasteiger partial charge >= 0.3 is 0 Å². The first-order chi connectivity index (χ1) is 10.5. The molecule has 0 bridgehead atoms. The Balaban J connectivity index is 1.89. The van der Waals surface area contributed by atoms with Crippen molar-refractivity contribution in [1.82, 2.24) is 9.47 Å². The zero-order chi connectivity index (χ0) is 15.9. The quantitative estimate of drug-likeness (QED) is 0.927. The lowest BCUT2D eigenvalue weighted by Gasteiger charge is -2.35. The lowest BCUT2D eigenvalue weighted by molar-refractivity contribution is 0.164. The summed E-state index contributed by atoms with van der Waals surface area (Å²) in [5.41, 5.74) is 4.58. The van der Waals surface area contributed by atoms with E-state index in [-0.39, 0.29) is 11.2 Å². The largest absolute Gasteiger partial charge is 0.503 e. The van der Waals surface area contributed by atoms with Crippen LogP contribution in [0.4, 0.5) is 0 Å². The number of rotatable bonds is 2. The molecule has 0 saturated carbocycles. The van der Waals surface area contributed by atoms with Crippen LogP contribution in [0.15, 0.2) is 35.3 Å². The minimum atomic E-state index is -0.299. The van der Waals surface area contributed by atoms with Crippen LogP contribution in [0.2, 0.25) is 0 Å². The Morgan fingerprint density at radius 1 is 1.18 bits per heavy atom. The molecule has 2 heterocycles. The minimum absolute atomic E-state index is 0.167. The summed E-state index contributed by atoms with van der Waals surface area (Å²) in [6.07, 6.45) is 1.55. The predicted octanol–water partition coefficient (Wildman–Crippen LogP) is 2.75. The first kappa shape index (κ1) is 14.9. The van der Waals surface area contributed by atoms with E-state index in [0.717, 1.165) is 25.3 Å². The van der Waals surface area contributed by atoms with Crippen LogP contribution in [0.25, 0.3) is 0 Å². The monoisotopic (exact) mass is 298 g/mol. The van der Waals surface area contributed by atoms with Crippen LogP contribution < -0.4 is 5.43 Å². The molecule has 4 nitrogen and oxygen atoms in total. The number of hydrogen-bond acceptors (Lipinski definition) is 3. The number of pyridine rings is 1. The van der Waals surface area contributed by atoms with Crippen LogP contribution in [-0.2, 0) is 13.1 Å². The van der Waals surface area contributed by atoms with Gasteiger partial charge in [-0.3, -0.25) is 9.69 Å². The highest BCUT2D eigenvalue weighted by Gasteiger charge is 2.23. The molecule has 4 heteroatoms. The Hall–Kier alpha value is -2.07. The third kappa shape index (κ3) is 2.66. The van der Waals surface area contributed by atoms with Crippen molar-refractivity contribution in [2.75, 3.05) is 6.54 Å². The molecule has 1 atom stereocenters. The zero-order valence-electron chi connectivity index (χ0n) is 13.3. The van der Waals surface area contributed by atoms with Crippen LogP contribution in [0.5, 0.6) is 5.75 Å². The van der Waals surface area contributed by atoms with Crippen LogP contribution in [-0.4, -0.2) is 21.1 Å². The van der Waals surface area contributed by atoms with Crippen LogP contribution in [0.3, 0.4) is 0 Å². The molecule has 0 radical (unpaired) electrons. The molecule has 1 N–H and O–H groups in total. The molecule has 1 aromatic carbocycles. The topological polar surface area (TPSA) is 45.5 Å². The normalized spacial score (nSPS) is 16.3. The molecule has 1 aromatic heterocycles. The molecule has 2 aromatic rings. The number of benzene rings is 1. The van der Waals surface area contributed by atoms with Crippen molar-refractivity contribution in [3.8, 4) is 5.75 Å². The van der Waals surface area contributed by atoms with E-state index in [9.17, 15) is 9.90 Å². The van der Waals surface area contributed by atoms with E-state index in [1.54, 1.807) is 12.3 Å². The highest BCUT2D eigenvalue weighted by molar-refractivity contribution is 5.33. The third-order valence-electron chi connectivity index (χ3n) is 4.62. The number of fused-ring (bicyclic) bond motifs is 1. The van der Waals surface area contributed by atoms with Crippen molar-refractivity contribution in [3.05, 3.63) is 63.1 Å². The summed E-state index contributed by atoms with van der Waals surface area (Å²) in [4.78, 5) is 14.0. The van der Waals surface area contributed by atoms with Gasteiger partial charge in [-0.1, -0.05) is 23.8 Å². The minimum Gasteiger partial charge on any atom is -0.503 e. The average molecular weight is 298 g/mol. The van der Waals surface area contributed by atoms with Gasteiger partial charge in [0.15, 0.2) is 5.75 Å². The smallest absolute Gasteiger partial charge is 0.223 e. The highest BCUT2D eigenvalue weighted by Crippen LogP contribution is 2.28. The van der Waals surface area contributed by atoms with Gasteiger partial charge in [0.05, 0.1) is 6.20 Å². The number of aromatic nitrogens is 1. The van der Waals surface area contributed by atoms with E-state index in [2.05, 4.69) is 43.9 Å². The average Bonchev–Trinajstić information content (AvgIpc) is 2.50. The Labute approximate surface area is 130 Å². The molecule has 0 spiro atoms. The van der Waals surface area contributed by atoms with Gasteiger partial charge < -0.3 is 9.67 Å². The molecule has 0 saturated heterocycles. The molecule has 1 unspecified atom stereocenters. The van der Waals surface area contributed by atoms with E-state index in [1.807, 2.05) is 4.57 Å². The molecule has 1 aliphatic heterocycles. The SMILES string of the molecule is Cc1ccc(C)c(C(C)N2CCn3cc(O)c(=O)cc3C2)c1. The molecule has 0 fully saturated rings. The Bertz CT molecular complexity index is 764. The molecular formula is C18H22N2O2. The second kappa shape index (κ2) is 5.61. The van der Waals surface area contributed by atoms with Gasteiger partial charge in [-0.2, -0.15) is 0 Å². The molecular weight excluding hydrogens is 276 g/mol. The van der Waals surface area contributed by atoms with Crippen molar-refractivity contribution in [3.63, 3.8) is 0 Å². The van der Waals surface area contributed by atoms with E-state index < -0.39 is 0 Å². The van der Waals surface area contributed by atoms with E-state index in [4.69, 9.17) is 0 Å². The highest BCUT2D eigenvalue weighted by atomic mass is 16.3. The van der Waals surface area contributed by atoms with E-state index in [1.165, 1.54) is 16.7 Å². The second-order valence-corrected chi connectivity index (χ2v) is 6.21. The summed E-state index contributed by atoms with van der Waals surface area (Å²) < 4.78 is 1.98. The number of aryl methyl sites for hydroxylation is 2. The van der Waals surface area contributed by atoms with Gasteiger partial charge in [-0.15, -0.1) is 0 Å². The van der Waals surface area contributed by atoms with E-state index >= 15 is 0 Å². The molecule has 1 aliphatic rings. The van der Waals surface area contributed by atoms with Gasteiger partial charge in [0, 0.05) is 37.4 Å². The Morgan fingerprint density at radius 3 is 2.73 bits per heavy atom. The van der Waals surface area contributed by atoms with Crippen LogP contribution in [0.1, 0.15) is 35.3 Å². The number of hydrogen-bond donors (Lipinski definition) is 1. The first-order valence-corrected chi connectivity index (χ1v) is 7.69. The van der Waals surface area contributed by atoms with Crippen molar-refractivity contribution < 1.29 is 5.11 Å². The van der Waals surface area contributed by atoms with Crippen LogP contribution >= 0.6 is 0 Å². The lowest BCUT2D eigenvalue weighted by atomic mass is 9.98. The summed E-state index contributed by atoms with van der Waals surface area (Å²) in [5, 5.41) is 9.55. The summed E-state index contributed by atoms with van der Waals surface area (Å²) in [7, 11) is 0. The third-order valence-corrected chi connectivity index (χ3v) is 4.62. The number of nitrogens with zero attached hydrogens (tertiary/aromatic N) is 2. The maximum absolute atomic E-state index is 11.7. The van der Waals surface area contributed by atoms with Crippen molar-refractivity contribution in [2.24, 2.45) is 0 Å². The molecule has 3 rings (SSSR count). The summed E-state index contributed by atoms with van der Waals surface area (Å²) in [6, 6.07) is 8.41. The summed E-state index contributed by atoms with van der Waals surface area (Å²) in [5.74, 6) is -0.167. The van der Waals surface area contributed by atoms with Gasteiger partial charge in [-0.25, -0.2) is 0 Å². The van der Waals surface area contributed by atoms with Gasteiger partial charge in [-0.05, 0) is 31.9 Å². The molecule has 22 heavy (non-hydrogen) atoms. The van der Waals surface area contributed by atoms with Gasteiger partial charge in [0.25, 0.3) is 0 Å². The predicted molar refractivity (Wildman–Crippen MR) is 87.1 cm³/mol. The standard InChI is InChI=1S/C18H22N2O2/c1-12-4-5-13(2)16(8-12)14(3)19-6-7-20-11-18(22)17(21)9-15(20)10-19/h4-5,8-9,11,14,22H,6-7,10H2,1-3H3. The molecule has 0 amide bonds. The maximum atomic E-state index is 11.7. The molecule has 0 aliphatic carbocycles. The van der Waals surface area contributed by atoms with Crippen LogP contribution in [0, 0.1) is 13.8 Å². The fourth-order valence-electron chi connectivity index (χ4n) is 3.21. The Kier molecular flexibility index (Phi) is 3.79. The van der Waals surface area contributed by atoms with Crippen molar-refractivity contribution >= 4 is 0 Å². The van der Waals surface area contributed by atoms with Gasteiger partial charge in [0.2, 0.25) is 5.43 Å². The summed E-state index contributed by atoms with van der Waals surface area (Å²) >= 11 is 0. The second-order valence-electron chi connectivity index (χ2n) is 6.21. The van der Waals surface area contributed by atoms with E-state index in [0.29, 0.717) is 6.04 Å². The molecule has 116 valence electrons. The van der Waals surface area contributed by atoms with Crippen molar-refractivity contribution in [2.45, 2.75) is 39.9 Å². The fourth-order valence-corrected chi connectivity index (χ4v) is 3.21. The van der Waals surface area contributed by atoms with Gasteiger partial charge in [0.1, 0.15) is 0 Å². The maximum Gasteiger partial charge on any atom is 0.223 e.